The average Bonchev–Trinajstić information content (AvgIpc) is 2.74. The number of benzene rings is 3. The van der Waals surface area contributed by atoms with Gasteiger partial charge in [-0.05, 0) is 50.6 Å². The average molecular weight is 470 g/mol. The number of hydrogen-bond acceptors (Lipinski definition) is 4. The number of nitrogens with one attached hydrogen (secondary N) is 1. The van der Waals surface area contributed by atoms with Crippen LogP contribution in [0, 0.1) is 20.8 Å². The van der Waals surface area contributed by atoms with Crippen LogP contribution in [0.4, 0.5) is 5.69 Å². The Morgan fingerprint density at radius 1 is 1.00 bits per heavy atom. The lowest BCUT2D eigenvalue weighted by Crippen LogP contribution is -2.40. The molecule has 3 aromatic carbocycles. The highest BCUT2D eigenvalue weighted by Crippen LogP contribution is 2.27. The molecule has 0 spiro atoms. The molecule has 0 radical (unpaired) electrons. The van der Waals surface area contributed by atoms with Crippen LogP contribution >= 0.6 is 11.6 Å². The molecule has 0 aromatic heterocycles. The predicted molar refractivity (Wildman–Crippen MR) is 129 cm³/mol. The number of sulfonamides is 1. The summed E-state index contributed by atoms with van der Waals surface area (Å²) < 4.78 is 28.0. The Balaban J connectivity index is 1.90. The largest absolute Gasteiger partial charge is 0.271 e. The summed E-state index contributed by atoms with van der Waals surface area (Å²) in [5.74, 6) is -0.580. The molecule has 3 rings (SSSR count). The van der Waals surface area contributed by atoms with E-state index in [1.807, 2.05) is 32.9 Å². The van der Waals surface area contributed by atoms with Gasteiger partial charge in [0.15, 0.2) is 0 Å². The van der Waals surface area contributed by atoms with Crippen LogP contribution in [-0.4, -0.2) is 27.1 Å². The van der Waals surface area contributed by atoms with E-state index in [4.69, 9.17) is 11.6 Å². The lowest BCUT2D eigenvalue weighted by molar-refractivity contribution is -0.119. The molecule has 0 saturated heterocycles. The molecular weight excluding hydrogens is 446 g/mol. The van der Waals surface area contributed by atoms with Crippen molar-refractivity contribution in [3.63, 3.8) is 0 Å². The first-order valence-corrected chi connectivity index (χ1v) is 11.7. The zero-order valence-electron chi connectivity index (χ0n) is 18.0. The van der Waals surface area contributed by atoms with Crippen molar-refractivity contribution in [2.45, 2.75) is 25.7 Å². The molecule has 0 fully saturated rings. The molecule has 3 aromatic rings. The van der Waals surface area contributed by atoms with Crippen LogP contribution in [0.5, 0.6) is 0 Å². The number of carbonyl (C=O) groups is 1. The van der Waals surface area contributed by atoms with E-state index in [-0.39, 0.29) is 4.90 Å². The van der Waals surface area contributed by atoms with Gasteiger partial charge in [-0.3, -0.25) is 9.10 Å². The van der Waals surface area contributed by atoms with E-state index in [1.54, 1.807) is 42.5 Å². The highest BCUT2D eigenvalue weighted by molar-refractivity contribution is 7.92. The SMILES string of the molecule is Cc1ccc(S(=O)(=O)N(CC(=O)N/N=C\c2ccccc2Cl)c2ccc(C)cc2C)cc1. The number of rotatable bonds is 7. The third-order valence-corrected chi connectivity index (χ3v) is 6.93. The van der Waals surface area contributed by atoms with Gasteiger partial charge in [-0.15, -0.1) is 0 Å². The van der Waals surface area contributed by atoms with E-state index in [2.05, 4.69) is 10.5 Å². The van der Waals surface area contributed by atoms with Crippen molar-refractivity contribution in [2.24, 2.45) is 5.10 Å². The first-order valence-electron chi connectivity index (χ1n) is 9.91. The second-order valence-corrected chi connectivity index (χ2v) is 9.70. The molecule has 0 aliphatic heterocycles. The monoisotopic (exact) mass is 469 g/mol. The lowest BCUT2D eigenvalue weighted by atomic mass is 10.1. The van der Waals surface area contributed by atoms with Gasteiger partial charge in [-0.2, -0.15) is 5.10 Å². The first-order chi connectivity index (χ1) is 15.2. The fourth-order valence-corrected chi connectivity index (χ4v) is 4.81. The molecular formula is C24H24ClN3O3S. The zero-order chi connectivity index (χ0) is 23.3. The molecule has 0 aliphatic rings. The molecule has 166 valence electrons. The Kier molecular flexibility index (Phi) is 7.33. The van der Waals surface area contributed by atoms with Crippen molar-refractivity contribution in [1.82, 2.24) is 5.43 Å². The number of halogens is 1. The second-order valence-electron chi connectivity index (χ2n) is 7.43. The van der Waals surface area contributed by atoms with E-state index in [0.717, 1.165) is 21.0 Å². The summed E-state index contributed by atoms with van der Waals surface area (Å²) in [6.45, 7) is 5.18. The minimum atomic E-state index is -3.99. The van der Waals surface area contributed by atoms with Gasteiger partial charge in [0.2, 0.25) is 0 Å². The van der Waals surface area contributed by atoms with Crippen LogP contribution in [0.2, 0.25) is 5.02 Å². The summed E-state index contributed by atoms with van der Waals surface area (Å²) in [5, 5.41) is 4.41. The van der Waals surface area contributed by atoms with E-state index in [9.17, 15) is 13.2 Å². The number of aryl methyl sites for hydroxylation is 3. The quantitative estimate of drug-likeness (QED) is 0.405. The topological polar surface area (TPSA) is 78.8 Å². The molecule has 0 saturated carbocycles. The number of anilines is 1. The van der Waals surface area contributed by atoms with Gasteiger partial charge in [0.05, 0.1) is 16.8 Å². The predicted octanol–water partition coefficient (Wildman–Crippen LogP) is 4.61. The van der Waals surface area contributed by atoms with E-state index < -0.39 is 22.5 Å². The second kappa shape index (κ2) is 9.97. The fourth-order valence-electron chi connectivity index (χ4n) is 3.14. The molecule has 0 atom stereocenters. The molecule has 1 amide bonds. The van der Waals surface area contributed by atoms with Crippen molar-refractivity contribution in [3.05, 3.63) is 94.0 Å². The van der Waals surface area contributed by atoms with Gasteiger partial charge in [-0.1, -0.05) is 65.2 Å². The summed E-state index contributed by atoms with van der Waals surface area (Å²) >= 11 is 6.08. The Morgan fingerprint density at radius 3 is 2.31 bits per heavy atom. The van der Waals surface area contributed by atoms with E-state index in [0.29, 0.717) is 16.3 Å². The zero-order valence-corrected chi connectivity index (χ0v) is 19.6. The highest BCUT2D eigenvalue weighted by Gasteiger charge is 2.28. The van der Waals surface area contributed by atoms with Gasteiger partial charge < -0.3 is 0 Å². The number of carbonyl (C=O) groups excluding carboxylic acids is 1. The highest BCUT2D eigenvalue weighted by atomic mass is 35.5. The van der Waals surface area contributed by atoms with Gasteiger partial charge in [0.25, 0.3) is 15.9 Å². The van der Waals surface area contributed by atoms with Gasteiger partial charge in [0.1, 0.15) is 6.54 Å². The minimum Gasteiger partial charge on any atom is -0.271 e. The van der Waals surface area contributed by atoms with Gasteiger partial charge in [-0.25, -0.2) is 13.8 Å². The van der Waals surface area contributed by atoms with Crippen LogP contribution in [0.3, 0.4) is 0 Å². The van der Waals surface area contributed by atoms with Crippen molar-refractivity contribution >= 4 is 39.4 Å². The van der Waals surface area contributed by atoms with Crippen molar-refractivity contribution in [2.75, 3.05) is 10.8 Å². The number of amides is 1. The fraction of sp³-hybridized carbons (Fsp3) is 0.167. The Bertz CT molecular complexity index is 1260. The lowest BCUT2D eigenvalue weighted by Gasteiger charge is -2.25. The van der Waals surface area contributed by atoms with Gasteiger partial charge >= 0.3 is 0 Å². The smallest absolute Gasteiger partial charge is 0.264 e. The maximum Gasteiger partial charge on any atom is 0.264 e. The minimum absolute atomic E-state index is 0.107. The number of hydrogen-bond donors (Lipinski definition) is 1. The Labute approximate surface area is 193 Å². The number of hydrazone groups is 1. The van der Waals surface area contributed by atoms with Crippen molar-refractivity contribution < 1.29 is 13.2 Å². The van der Waals surface area contributed by atoms with Crippen LogP contribution < -0.4 is 9.73 Å². The maximum absolute atomic E-state index is 13.4. The molecule has 0 bridgehead atoms. The maximum atomic E-state index is 13.4. The molecule has 32 heavy (non-hydrogen) atoms. The van der Waals surface area contributed by atoms with Gasteiger partial charge in [0, 0.05) is 10.6 Å². The molecule has 0 aliphatic carbocycles. The third-order valence-electron chi connectivity index (χ3n) is 4.82. The molecule has 1 N–H and O–H groups in total. The molecule has 0 unspecified atom stereocenters. The summed E-state index contributed by atoms with van der Waals surface area (Å²) in [6, 6.07) is 19.0. The van der Waals surface area contributed by atoms with Crippen LogP contribution in [0.15, 0.2) is 76.7 Å². The summed E-state index contributed by atoms with van der Waals surface area (Å²) in [6.07, 6.45) is 1.41. The molecule has 6 nitrogen and oxygen atoms in total. The van der Waals surface area contributed by atoms with Crippen LogP contribution in [-0.2, 0) is 14.8 Å². The normalized spacial score (nSPS) is 11.5. The Morgan fingerprint density at radius 2 is 1.66 bits per heavy atom. The third kappa shape index (κ3) is 5.55. The summed E-state index contributed by atoms with van der Waals surface area (Å²) in [5.41, 5.74) is 6.13. The first kappa shape index (κ1) is 23.5. The molecule has 0 heterocycles. The standard InChI is InChI=1S/C24H24ClN3O3S/c1-17-8-11-21(12-9-17)32(30,31)28(23-13-10-18(2)14-19(23)3)16-24(29)27-26-15-20-6-4-5-7-22(20)25/h4-15H,16H2,1-3H3,(H,27,29)/b26-15-. The van der Waals surface area contributed by atoms with Crippen molar-refractivity contribution in [3.8, 4) is 0 Å². The number of nitrogens with zero attached hydrogens (tertiary/aromatic N) is 2. The van der Waals surface area contributed by atoms with E-state index in [1.165, 1.54) is 18.3 Å². The summed E-state index contributed by atoms with van der Waals surface area (Å²) in [7, 11) is -3.99. The van der Waals surface area contributed by atoms with E-state index >= 15 is 0 Å². The van der Waals surface area contributed by atoms with Crippen molar-refractivity contribution in [1.29, 1.82) is 0 Å². The Hall–Kier alpha value is -3.16. The van der Waals surface area contributed by atoms with Crippen LogP contribution in [0.1, 0.15) is 22.3 Å². The van der Waals surface area contributed by atoms with Crippen LogP contribution in [0.25, 0.3) is 0 Å². The summed E-state index contributed by atoms with van der Waals surface area (Å²) in [4.78, 5) is 12.8. The molecule has 8 heteroatoms.